The average molecular weight is 449 g/mol. The molecule has 0 spiro atoms. The second-order valence-corrected chi connectivity index (χ2v) is 8.14. The fraction of sp³-hybridized carbons (Fsp3) is 0.296. The Bertz CT molecular complexity index is 1090. The maximum Gasteiger partial charge on any atom is 0.211 e. The van der Waals surface area contributed by atoms with Crippen LogP contribution >= 0.6 is 0 Å². The van der Waals surface area contributed by atoms with Crippen LogP contribution in [0.3, 0.4) is 0 Å². The Hall–Kier alpha value is -3.22. The number of morpholine rings is 1. The molecular formula is C27H29FN2O3. The average Bonchev–Trinajstić information content (AvgIpc) is 2.99. The van der Waals surface area contributed by atoms with E-state index in [4.69, 9.17) is 9.47 Å². The minimum Gasteiger partial charge on any atom is -0.493 e. The van der Waals surface area contributed by atoms with E-state index in [1.165, 1.54) is 12.1 Å². The summed E-state index contributed by atoms with van der Waals surface area (Å²) >= 11 is 0. The van der Waals surface area contributed by atoms with Crippen LogP contribution in [0.15, 0.2) is 48.5 Å². The first-order valence-electron chi connectivity index (χ1n) is 11.3. The first-order valence-corrected chi connectivity index (χ1v) is 11.3. The normalized spacial score (nSPS) is 14.6. The van der Waals surface area contributed by atoms with Crippen LogP contribution in [-0.4, -0.2) is 50.8 Å². The van der Waals surface area contributed by atoms with E-state index in [-0.39, 0.29) is 5.82 Å². The smallest absolute Gasteiger partial charge is 0.211 e. The van der Waals surface area contributed by atoms with Gasteiger partial charge < -0.3 is 14.8 Å². The molecule has 0 saturated carbocycles. The van der Waals surface area contributed by atoms with Gasteiger partial charge in [0.2, 0.25) is 6.41 Å². The number of carbonyl (C=O) groups excluding carboxylic acids is 1. The van der Waals surface area contributed by atoms with Crippen LogP contribution in [0, 0.1) is 12.7 Å². The molecule has 4 rings (SSSR count). The van der Waals surface area contributed by atoms with Gasteiger partial charge in [0.25, 0.3) is 0 Å². The topological polar surface area (TPSA) is 50.8 Å². The molecule has 33 heavy (non-hydrogen) atoms. The highest BCUT2D eigenvalue weighted by Gasteiger charge is 2.16. The van der Waals surface area contributed by atoms with Crippen molar-refractivity contribution in [2.24, 2.45) is 0 Å². The quantitative estimate of drug-likeness (QED) is 0.366. The number of ether oxygens (including phenoxy) is 2. The van der Waals surface area contributed by atoms with Crippen molar-refractivity contribution < 1.29 is 18.7 Å². The zero-order valence-corrected chi connectivity index (χ0v) is 18.9. The maximum atomic E-state index is 13.8. The number of benzene rings is 1. The van der Waals surface area contributed by atoms with Crippen LogP contribution in [0.5, 0.6) is 5.75 Å². The molecule has 1 fully saturated rings. The van der Waals surface area contributed by atoms with E-state index in [0.29, 0.717) is 24.3 Å². The summed E-state index contributed by atoms with van der Waals surface area (Å²) in [6, 6.07) is 14.5. The van der Waals surface area contributed by atoms with Gasteiger partial charge in [0.15, 0.2) is 0 Å². The fourth-order valence-corrected chi connectivity index (χ4v) is 4.22. The van der Waals surface area contributed by atoms with Gasteiger partial charge >= 0.3 is 0 Å². The summed E-state index contributed by atoms with van der Waals surface area (Å²) in [6.07, 6.45) is 5.31. The van der Waals surface area contributed by atoms with Gasteiger partial charge in [0, 0.05) is 36.4 Å². The molecule has 2 aliphatic carbocycles. The Balaban J connectivity index is 1.50. The van der Waals surface area contributed by atoms with Gasteiger partial charge in [-0.15, -0.1) is 0 Å². The number of hydrogen-bond acceptors (Lipinski definition) is 4. The van der Waals surface area contributed by atoms with Gasteiger partial charge in [-0.05, 0) is 54.3 Å². The number of rotatable bonds is 9. The predicted molar refractivity (Wildman–Crippen MR) is 130 cm³/mol. The molecule has 0 bridgehead atoms. The molecule has 1 amide bonds. The summed E-state index contributed by atoms with van der Waals surface area (Å²) in [5.74, 6) is 0.511. The van der Waals surface area contributed by atoms with E-state index in [0.717, 1.165) is 67.3 Å². The lowest BCUT2D eigenvalue weighted by Gasteiger charge is -2.26. The first-order chi connectivity index (χ1) is 16.2. The van der Waals surface area contributed by atoms with Crippen LogP contribution in [0.2, 0.25) is 0 Å². The number of hydrogen-bond donors (Lipinski definition) is 1. The highest BCUT2D eigenvalue weighted by atomic mass is 19.1. The molecule has 1 saturated heterocycles. The van der Waals surface area contributed by atoms with E-state index in [9.17, 15) is 9.18 Å². The number of nitrogens with one attached hydrogen (secondary N) is 1. The third kappa shape index (κ3) is 5.78. The molecule has 1 heterocycles. The lowest BCUT2D eigenvalue weighted by atomic mass is 10.1. The molecule has 0 unspecified atom stereocenters. The standard InChI is InChI=1S/C27H29FN2O3/c1-20-17-21(7-8-22-18-23(28)9-10-25(22)29-19-31)24-5-2-3-6-26(27(20)24)33-14-4-11-30-12-15-32-16-13-30/h2-3,5-10,17-19H,4,11-16H2,1H3,(H,29,31)/b8-7-. The van der Waals surface area contributed by atoms with Gasteiger partial charge in [-0.2, -0.15) is 0 Å². The molecule has 0 atom stereocenters. The van der Waals surface area contributed by atoms with E-state index in [1.807, 2.05) is 30.4 Å². The number of nitrogens with zero attached hydrogens (tertiary/aromatic N) is 1. The molecule has 1 aliphatic heterocycles. The van der Waals surface area contributed by atoms with E-state index in [2.05, 4.69) is 29.3 Å². The Kier molecular flexibility index (Phi) is 7.70. The molecule has 1 aromatic carbocycles. The molecule has 6 heteroatoms. The predicted octanol–water partition coefficient (Wildman–Crippen LogP) is 5.08. The van der Waals surface area contributed by atoms with Crippen LogP contribution in [0.4, 0.5) is 10.1 Å². The second-order valence-electron chi connectivity index (χ2n) is 8.14. The van der Waals surface area contributed by atoms with Gasteiger partial charge in [0.1, 0.15) is 11.6 Å². The van der Waals surface area contributed by atoms with E-state index < -0.39 is 0 Å². The number of anilines is 1. The first kappa shape index (κ1) is 23.0. The van der Waals surface area contributed by atoms with Gasteiger partial charge in [0.05, 0.1) is 19.8 Å². The summed E-state index contributed by atoms with van der Waals surface area (Å²) in [5, 5.41) is 2.62. The Morgan fingerprint density at radius 2 is 1.88 bits per heavy atom. The Morgan fingerprint density at radius 1 is 1.09 bits per heavy atom. The van der Waals surface area contributed by atoms with Crippen molar-refractivity contribution in [2.75, 3.05) is 44.8 Å². The van der Waals surface area contributed by atoms with Crippen LogP contribution < -0.4 is 10.1 Å². The number of carbonyl (C=O) groups is 1. The highest BCUT2D eigenvalue weighted by molar-refractivity contribution is 5.90. The lowest BCUT2D eigenvalue weighted by Crippen LogP contribution is -2.37. The molecule has 5 nitrogen and oxygen atoms in total. The van der Waals surface area contributed by atoms with E-state index >= 15 is 0 Å². The van der Waals surface area contributed by atoms with E-state index in [1.54, 1.807) is 6.07 Å². The molecule has 3 aliphatic rings. The summed E-state index contributed by atoms with van der Waals surface area (Å²) in [4.78, 5) is 13.3. The summed E-state index contributed by atoms with van der Waals surface area (Å²) < 4.78 is 25.4. The second kappa shape index (κ2) is 11.1. The maximum absolute atomic E-state index is 13.8. The van der Waals surface area contributed by atoms with Crippen molar-refractivity contribution in [2.45, 2.75) is 13.3 Å². The van der Waals surface area contributed by atoms with Gasteiger partial charge in [-0.3, -0.25) is 9.69 Å². The van der Waals surface area contributed by atoms with Gasteiger partial charge in [-0.1, -0.05) is 36.4 Å². The molecule has 172 valence electrons. The molecular weight excluding hydrogens is 419 g/mol. The number of aryl methyl sites for hydroxylation is 1. The largest absolute Gasteiger partial charge is 0.493 e. The molecule has 0 radical (unpaired) electrons. The van der Waals surface area contributed by atoms with Gasteiger partial charge in [-0.25, -0.2) is 4.39 Å². The minimum atomic E-state index is -0.353. The van der Waals surface area contributed by atoms with Crippen molar-refractivity contribution in [3.63, 3.8) is 0 Å². The van der Waals surface area contributed by atoms with Crippen molar-refractivity contribution in [3.05, 3.63) is 71.0 Å². The third-order valence-electron chi connectivity index (χ3n) is 5.87. The van der Waals surface area contributed by atoms with Crippen molar-refractivity contribution in [3.8, 4) is 16.9 Å². The number of fused-ring (bicyclic) bond motifs is 1. The molecule has 1 aromatic rings. The van der Waals surface area contributed by atoms with Crippen molar-refractivity contribution in [1.82, 2.24) is 4.90 Å². The Labute approximate surface area is 194 Å². The van der Waals surface area contributed by atoms with Crippen LogP contribution in [-0.2, 0) is 9.53 Å². The monoisotopic (exact) mass is 448 g/mol. The highest BCUT2D eigenvalue weighted by Crippen LogP contribution is 2.39. The molecule has 1 N–H and O–H groups in total. The minimum absolute atomic E-state index is 0.353. The lowest BCUT2D eigenvalue weighted by molar-refractivity contribution is -0.105. The number of halogens is 1. The zero-order valence-electron chi connectivity index (χ0n) is 18.9. The van der Waals surface area contributed by atoms with Crippen LogP contribution in [0.25, 0.3) is 23.3 Å². The van der Waals surface area contributed by atoms with Crippen molar-refractivity contribution >= 4 is 24.2 Å². The third-order valence-corrected chi connectivity index (χ3v) is 5.87. The Morgan fingerprint density at radius 3 is 2.70 bits per heavy atom. The van der Waals surface area contributed by atoms with Crippen molar-refractivity contribution in [1.29, 1.82) is 0 Å². The zero-order chi connectivity index (χ0) is 23.0. The molecule has 0 aromatic heterocycles. The SMILES string of the molecule is Cc1cc(/C=C\c2cc(F)ccc2NC=O)c2ccccc(OCCCN3CCOCC3)c1-2. The summed E-state index contributed by atoms with van der Waals surface area (Å²) in [5.41, 5.74) is 5.45. The summed E-state index contributed by atoms with van der Waals surface area (Å²) in [7, 11) is 0. The summed E-state index contributed by atoms with van der Waals surface area (Å²) in [6.45, 7) is 7.31. The van der Waals surface area contributed by atoms with Crippen LogP contribution in [0.1, 0.15) is 23.1 Å². The number of amides is 1. The fourth-order valence-electron chi connectivity index (χ4n) is 4.22.